The molecule has 0 spiro atoms. The molecule has 1 rings (SSSR count). The Morgan fingerprint density at radius 1 is 1.30 bits per heavy atom. The fourth-order valence-corrected chi connectivity index (χ4v) is 3.21. The number of benzene rings is 1. The summed E-state index contributed by atoms with van der Waals surface area (Å²) in [6.45, 7) is 5.48. The smallest absolute Gasteiger partial charge is 0.251 e. The molecule has 1 atom stereocenters. The zero-order chi connectivity index (χ0) is 16.9. The van der Waals surface area contributed by atoms with Crippen molar-refractivity contribution < 1.29 is 17.9 Å². The molecule has 0 saturated carbocycles. The summed E-state index contributed by atoms with van der Waals surface area (Å²) in [4.78, 5) is 12.0. The van der Waals surface area contributed by atoms with Crippen molar-refractivity contribution in [3.8, 4) is 5.75 Å². The lowest BCUT2D eigenvalue weighted by molar-refractivity contribution is 0.0941. The van der Waals surface area contributed by atoms with Gasteiger partial charge in [0.1, 0.15) is 10.6 Å². The van der Waals surface area contributed by atoms with E-state index < -0.39 is 10.0 Å². The number of halogens is 1. The van der Waals surface area contributed by atoms with Crippen LogP contribution in [-0.2, 0) is 10.0 Å². The number of methoxy groups -OCH3 is 1. The number of amides is 1. The van der Waals surface area contributed by atoms with E-state index in [4.69, 9.17) is 10.5 Å². The first-order valence-electron chi connectivity index (χ1n) is 6.92. The second kappa shape index (κ2) is 9.07. The van der Waals surface area contributed by atoms with Gasteiger partial charge in [0.15, 0.2) is 0 Å². The van der Waals surface area contributed by atoms with Crippen LogP contribution in [0.4, 0.5) is 0 Å². The fourth-order valence-electron chi connectivity index (χ4n) is 1.77. The maximum Gasteiger partial charge on any atom is 0.251 e. The van der Waals surface area contributed by atoms with Gasteiger partial charge in [0, 0.05) is 24.2 Å². The Morgan fingerprint density at radius 2 is 1.91 bits per heavy atom. The zero-order valence-corrected chi connectivity index (χ0v) is 15.3. The number of ether oxygens (including phenoxy) is 1. The lowest BCUT2D eigenvalue weighted by Gasteiger charge is -2.15. The predicted molar refractivity (Wildman–Crippen MR) is 91.7 cm³/mol. The predicted octanol–water partition coefficient (Wildman–Crippen LogP) is 0.881. The number of nitrogens with one attached hydrogen (secondary N) is 2. The molecular weight excluding hydrogens is 342 g/mol. The second-order valence-electron chi connectivity index (χ2n) is 5.25. The first kappa shape index (κ1) is 21.6. The highest BCUT2D eigenvalue weighted by Crippen LogP contribution is 2.25. The van der Waals surface area contributed by atoms with E-state index in [2.05, 4.69) is 10.0 Å². The van der Waals surface area contributed by atoms with Gasteiger partial charge in [0.25, 0.3) is 5.91 Å². The molecule has 0 heterocycles. The Morgan fingerprint density at radius 3 is 2.39 bits per heavy atom. The molecule has 0 saturated heterocycles. The van der Waals surface area contributed by atoms with Crippen molar-refractivity contribution in [3.63, 3.8) is 0 Å². The third-order valence-electron chi connectivity index (χ3n) is 2.84. The van der Waals surface area contributed by atoms with Crippen LogP contribution in [0.5, 0.6) is 5.75 Å². The number of carbonyl (C=O) groups excluding carboxylic acids is 1. The van der Waals surface area contributed by atoms with Gasteiger partial charge in [-0.05, 0) is 39.0 Å². The first-order chi connectivity index (χ1) is 10.2. The molecule has 1 aromatic carbocycles. The van der Waals surface area contributed by atoms with E-state index in [0.717, 1.165) is 0 Å². The van der Waals surface area contributed by atoms with Gasteiger partial charge < -0.3 is 15.8 Å². The lowest BCUT2D eigenvalue weighted by atomic mass is 10.2. The molecule has 0 fully saturated rings. The van der Waals surface area contributed by atoms with Gasteiger partial charge in [-0.3, -0.25) is 4.79 Å². The van der Waals surface area contributed by atoms with Crippen LogP contribution < -0.4 is 20.5 Å². The van der Waals surface area contributed by atoms with Gasteiger partial charge in [-0.1, -0.05) is 0 Å². The minimum absolute atomic E-state index is 0. The van der Waals surface area contributed by atoms with E-state index in [-0.39, 0.29) is 46.6 Å². The van der Waals surface area contributed by atoms with Gasteiger partial charge >= 0.3 is 0 Å². The highest BCUT2D eigenvalue weighted by molar-refractivity contribution is 7.89. The van der Waals surface area contributed by atoms with Crippen LogP contribution >= 0.6 is 12.4 Å². The van der Waals surface area contributed by atoms with Crippen LogP contribution in [0.15, 0.2) is 23.1 Å². The quantitative estimate of drug-likeness (QED) is 0.664. The Kier molecular flexibility index (Phi) is 8.54. The van der Waals surface area contributed by atoms with E-state index >= 15 is 0 Å². The molecule has 9 heteroatoms. The highest BCUT2D eigenvalue weighted by atomic mass is 35.5. The Hall–Kier alpha value is -1.35. The summed E-state index contributed by atoms with van der Waals surface area (Å²) in [5, 5.41) is 2.68. The maximum absolute atomic E-state index is 12.3. The van der Waals surface area contributed by atoms with Crippen LogP contribution in [0.1, 0.15) is 31.1 Å². The van der Waals surface area contributed by atoms with E-state index in [9.17, 15) is 13.2 Å². The Bertz CT molecular complexity index is 635. The molecule has 0 bridgehead atoms. The molecule has 0 aliphatic heterocycles. The molecule has 0 aliphatic rings. The largest absolute Gasteiger partial charge is 0.495 e. The molecule has 0 aromatic heterocycles. The van der Waals surface area contributed by atoms with Crippen LogP contribution in [0.2, 0.25) is 0 Å². The van der Waals surface area contributed by atoms with Gasteiger partial charge in [-0.15, -0.1) is 12.4 Å². The van der Waals surface area contributed by atoms with Crippen LogP contribution in [0.3, 0.4) is 0 Å². The molecule has 4 N–H and O–H groups in total. The normalized spacial score (nSPS) is 12.4. The van der Waals surface area contributed by atoms with Crippen molar-refractivity contribution in [3.05, 3.63) is 23.8 Å². The molecule has 0 aliphatic carbocycles. The van der Waals surface area contributed by atoms with E-state index in [1.54, 1.807) is 20.8 Å². The Labute approximate surface area is 143 Å². The standard InChI is InChI=1S/C14H23N3O4S.ClH/c1-9(2)17-22(19,20)13-7-11(5-6-12(13)21-4)14(18)16-10(3)8-15;/h5-7,9-10,17H,8,15H2,1-4H3,(H,16,18);1H/t10-;/m0./s1. The molecule has 0 unspecified atom stereocenters. The number of hydrogen-bond acceptors (Lipinski definition) is 5. The third-order valence-corrected chi connectivity index (χ3v) is 4.52. The highest BCUT2D eigenvalue weighted by Gasteiger charge is 2.22. The summed E-state index contributed by atoms with van der Waals surface area (Å²) < 4.78 is 32.2. The molecular formula is C14H24ClN3O4S. The minimum atomic E-state index is -3.77. The summed E-state index contributed by atoms with van der Waals surface area (Å²) in [6.07, 6.45) is 0. The van der Waals surface area contributed by atoms with Crippen molar-refractivity contribution >= 4 is 28.3 Å². The SMILES string of the molecule is COc1ccc(C(=O)N[C@@H](C)CN)cc1S(=O)(=O)NC(C)C.Cl. The molecule has 1 amide bonds. The fraction of sp³-hybridized carbons (Fsp3) is 0.500. The number of carbonyl (C=O) groups is 1. The maximum atomic E-state index is 12.3. The summed E-state index contributed by atoms with van der Waals surface area (Å²) in [5.41, 5.74) is 5.68. The van der Waals surface area contributed by atoms with Crippen LogP contribution in [0, 0.1) is 0 Å². The first-order valence-corrected chi connectivity index (χ1v) is 8.41. The van der Waals surface area contributed by atoms with Gasteiger partial charge in [0.05, 0.1) is 7.11 Å². The number of sulfonamides is 1. The lowest BCUT2D eigenvalue weighted by Crippen LogP contribution is -2.38. The van der Waals surface area contributed by atoms with E-state index in [1.165, 1.54) is 25.3 Å². The summed E-state index contributed by atoms with van der Waals surface area (Å²) in [6, 6.07) is 3.78. The van der Waals surface area contributed by atoms with Crippen molar-refractivity contribution in [2.24, 2.45) is 5.73 Å². The minimum Gasteiger partial charge on any atom is -0.495 e. The van der Waals surface area contributed by atoms with Crippen molar-refractivity contribution in [1.82, 2.24) is 10.0 Å². The van der Waals surface area contributed by atoms with Crippen molar-refractivity contribution in [2.45, 2.75) is 37.8 Å². The molecule has 0 radical (unpaired) electrons. The molecule has 132 valence electrons. The molecule has 7 nitrogen and oxygen atoms in total. The number of rotatable bonds is 7. The van der Waals surface area contributed by atoms with Crippen molar-refractivity contribution in [1.29, 1.82) is 0 Å². The summed E-state index contributed by atoms with van der Waals surface area (Å²) in [5.74, 6) is -0.210. The monoisotopic (exact) mass is 365 g/mol. The van der Waals surface area contributed by atoms with Gasteiger partial charge in [-0.25, -0.2) is 13.1 Å². The average Bonchev–Trinajstić information content (AvgIpc) is 2.44. The molecule has 23 heavy (non-hydrogen) atoms. The van der Waals surface area contributed by atoms with E-state index in [0.29, 0.717) is 6.54 Å². The number of hydrogen-bond donors (Lipinski definition) is 3. The second-order valence-corrected chi connectivity index (χ2v) is 6.93. The number of nitrogens with two attached hydrogens (primary N) is 1. The van der Waals surface area contributed by atoms with Crippen molar-refractivity contribution in [2.75, 3.05) is 13.7 Å². The topological polar surface area (TPSA) is 111 Å². The molecule has 1 aromatic rings. The summed E-state index contributed by atoms with van der Waals surface area (Å²) in [7, 11) is -2.40. The zero-order valence-electron chi connectivity index (χ0n) is 13.6. The Balaban J connectivity index is 0.00000484. The summed E-state index contributed by atoms with van der Waals surface area (Å²) >= 11 is 0. The van der Waals surface area contributed by atoms with E-state index in [1.807, 2.05) is 0 Å². The average molecular weight is 366 g/mol. The third kappa shape index (κ3) is 5.98. The van der Waals surface area contributed by atoms with Crippen LogP contribution in [0.25, 0.3) is 0 Å². The van der Waals surface area contributed by atoms with Crippen LogP contribution in [-0.4, -0.2) is 40.1 Å². The van der Waals surface area contributed by atoms with Gasteiger partial charge in [-0.2, -0.15) is 0 Å². The van der Waals surface area contributed by atoms with Gasteiger partial charge in [0.2, 0.25) is 10.0 Å².